The Morgan fingerprint density at radius 2 is 2.12 bits per heavy atom. The van der Waals surface area contributed by atoms with Crippen LogP contribution in [-0.4, -0.2) is 38.3 Å². The Morgan fingerprint density at radius 1 is 1.36 bits per heavy atom. The Labute approximate surface area is 151 Å². The van der Waals surface area contributed by atoms with Crippen LogP contribution < -0.4 is 4.72 Å². The number of sulfonamides is 1. The predicted octanol–water partition coefficient (Wildman–Crippen LogP) is 2.14. The second-order valence-electron chi connectivity index (χ2n) is 6.23. The number of ether oxygens (including phenoxy) is 1. The number of aryl methyl sites for hydroxylation is 1. The van der Waals surface area contributed by atoms with E-state index in [1.165, 1.54) is 16.9 Å². The summed E-state index contributed by atoms with van der Waals surface area (Å²) in [6.07, 6.45) is 1.32. The van der Waals surface area contributed by atoms with Crippen molar-refractivity contribution < 1.29 is 17.9 Å². The fraction of sp³-hybridized carbons (Fsp3) is 0.412. The van der Waals surface area contributed by atoms with E-state index in [0.717, 1.165) is 10.6 Å². The van der Waals surface area contributed by atoms with E-state index in [1.807, 2.05) is 31.2 Å². The SMILES string of the molecule is Cc1ccc(Cc2nc(C(=O)NS(=O)(=O)C[C@H]3CCOC3)cs2)cc1. The van der Waals surface area contributed by atoms with Crippen molar-refractivity contribution >= 4 is 27.3 Å². The lowest BCUT2D eigenvalue weighted by Crippen LogP contribution is -2.35. The molecule has 3 rings (SSSR count). The smallest absolute Gasteiger partial charge is 0.284 e. The summed E-state index contributed by atoms with van der Waals surface area (Å²) in [5.41, 5.74) is 2.42. The molecular weight excluding hydrogens is 360 g/mol. The minimum atomic E-state index is -3.68. The second kappa shape index (κ2) is 7.63. The summed E-state index contributed by atoms with van der Waals surface area (Å²) in [6, 6.07) is 8.08. The Hall–Kier alpha value is -1.77. The molecule has 1 saturated heterocycles. The molecule has 1 aliphatic heterocycles. The molecule has 2 aromatic rings. The lowest BCUT2D eigenvalue weighted by molar-refractivity contribution is 0.0977. The first-order chi connectivity index (χ1) is 11.9. The van der Waals surface area contributed by atoms with Crippen LogP contribution in [0.25, 0.3) is 0 Å². The second-order valence-corrected chi connectivity index (χ2v) is 8.94. The van der Waals surface area contributed by atoms with Crippen LogP contribution in [0.15, 0.2) is 29.6 Å². The van der Waals surface area contributed by atoms with Crippen LogP contribution in [0, 0.1) is 12.8 Å². The van der Waals surface area contributed by atoms with E-state index in [9.17, 15) is 13.2 Å². The van der Waals surface area contributed by atoms with Gasteiger partial charge in [0.1, 0.15) is 5.69 Å². The highest BCUT2D eigenvalue weighted by Crippen LogP contribution is 2.17. The minimum absolute atomic E-state index is 0.0576. The van der Waals surface area contributed by atoms with Gasteiger partial charge in [0.05, 0.1) is 17.4 Å². The lowest BCUT2D eigenvalue weighted by Gasteiger charge is -2.09. The van der Waals surface area contributed by atoms with Crippen molar-refractivity contribution in [3.63, 3.8) is 0 Å². The number of nitrogens with zero attached hydrogens (tertiary/aromatic N) is 1. The van der Waals surface area contributed by atoms with Gasteiger partial charge in [0.2, 0.25) is 10.0 Å². The standard InChI is InChI=1S/C17H20N2O4S2/c1-12-2-4-13(5-3-12)8-16-18-15(10-24-16)17(20)19-25(21,22)11-14-6-7-23-9-14/h2-5,10,14H,6-9,11H2,1H3,(H,19,20)/t14-/m0/s1. The maximum absolute atomic E-state index is 12.2. The van der Waals surface area contributed by atoms with Gasteiger partial charge in [0, 0.05) is 24.3 Å². The zero-order chi connectivity index (χ0) is 17.9. The Kier molecular flexibility index (Phi) is 5.51. The fourth-order valence-corrected chi connectivity index (χ4v) is 4.80. The molecule has 1 aromatic carbocycles. The first-order valence-corrected chi connectivity index (χ1v) is 10.6. The number of hydrogen-bond donors (Lipinski definition) is 1. The van der Waals surface area contributed by atoms with Crippen molar-refractivity contribution in [2.45, 2.75) is 19.8 Å². The van der Waals surface area contributed by atoms with Crippen molar-refractivity contribution in [3.8, 4) is 0 Å². The number of aromatic nitrogens is 1. The molecule has 1 N–H and O–H groups in total. The molecular formula is C17H20N2O4S2. The van der Waals surface area contributed by atoms with E-state index in [4.69, 9.17) is 4.74 Å². The van der Waals surface area contributed by atoms with Gasteiger partial charge in [0.15, 0.2) is 0 Å². The lowest BCUT2D eigenvalue weighted by atomic mass is 10.1. The predicted molar refractivity (Wildman–Crippen MR) is 96.3 cm³/mol. The van der Waals surface area contributed by atoms with Gasteiger partial charge >= 0.3 is 0 Å². The minimum Gasteiger partial charge on any atom is -0.381 e. The summed E-state index contributed by atoms with van der Waals surface area (Å²) in [5, 5.41) is 2.36. The Balaban J connectivity index is 1.60. The van der Waals surface area contributed by atoms with Crippen molar-refractivity contribution in [1.29, 1.82) is 0 Å². The average molecular weight is 380 g/mol. The van der Waals surface area contributed by atoms with E-state index in [0.29, 0.717) is 26.1 Å². The maximum atomic E-state index is 12.2. The summed E-state index contributed by atoms with van der Waals surface area (Å²) in [7, 11) is -3.68. The van der Waals surface area contributed by atoms with Crippen LogP contribution in [0.1, 0.15) is 33.0 Å². The molecule has 1 atom stereocenters. The molecule has 0 bridgehead atoms. The number of carbonyl (C=O) groups excluding carboxylic acids is 1. The molecule has 2 heterocycles. The number of hydrogen-bond acceptors (Lipinski definition) is 6. The van der Waals surface area contributed by atoms with Gasteiger partial charge in [-0.25, -0.2) is 18.1 Å². The maximum Gasteiger partial charge on any atom is 0.284 e. The van der Waals surface area contributed by atoms with Gasteiger partial charge in [-0.05, 0) is 18.9 Å². The highest BCUT2D eigenvalue weighted by atomic mass is 32.2. The van der Waals surface area contributed by atoms with Crippen molar-refractivity contribution in [2.24, 2.45) is 5.92 Å². The molecule has 0 saturated carbocycles. The zero-order valence-electron chi connectivity index (χ0n) is 13.9. The third-order valence-electron chi connectivity index (χ3n) is 3.99. The largest absolute Gasteiger partial charge is 0.381 e. The van der Waals surface area contributed by atoms with E-state index < -0.39 is 15.9 Å². The zero-order valence-corrected chi connectivity index (χ0v) is 15.5. The van der Waals surface area contributed by atoms with E-state index >= 15 is 0 Å². The third kappa shape index (κ3) is 5.10. The molecule has 0 unspecified atom stereocenters. The van der Waals surface area contributed by atoms with Crippen LogP contribution in [-0.2, 0) is 21.2 Å². The molecule has 8 heteroatoms. The number of nitrogens with one attached hydrogen (secondary N) is 1. The highest BCUT2D eigenvalue weighted by molar-refractivity contribution is 7.90. The van der Waals surface area contributed by atoms with Gasteiger partial charge in [-0.2, -0.15) is 0 Å². The fourth-order valence-electron chi connectivity index (χ4n) is 2.64. The van der Waals surface area contributed by atoms with Crippen molar-refractivity contribution in [3.05, 3.63) is 51.5 Å². The summed E-state index contributed by atoms with van der Waals surface area (Å²) >= 11 is 1.35. The van der Waals surface area contributed by atoms with Gasteiger partial charge < -0.3 is 4.74 Å². The molecule has 1 fully saturated rings. The highest BCUT2D eigenvalue weighted by Gasteiger charge is 2.25. The Morgan fingerprint density at radius 3 is 2.80 bits per heavy atom. The van der Waals surface area contributed by atoms with Crippen LogP contribution in [0.5, 0.6) is 0 Å². The van der Waals surface area contributed by atoms with E-state index in [1.54, 1.807) is 5.38 Å². The molecule has 25 heavy (non-hydrogen) atoms. The van der Waals surface area contributed by atoms with Gasteiger partial charge in [-0.15, -0.1) is 11.3 Å². The number of carbonyl (C=O) groups is 1. The number of amides is 1. The summed E-state index contributed by atoms with van der Waals surface area (Å²) in [5.74, 6) is -0.831. The van der Waals surface area contributed by atoms with Crippen molar-refractivity contribution in [2.75, 3.05) is 19.0 Å². The van der Waals surface area contributed by atoms with Gasteiger partial charge in [-0.3, -0.25) is 4.79 Å². The number of rotatable bonds is 6. The molecule has 0 spiro atoms. The van der Waals surface area contributed by atoms with Gasteiger partial charge in [0.25, 0.3) is 5.91 Å². The monoisotopic (exact) mass is 380 g/mol. The summed E-state index contributed by atoms with van der Waals surface area (Å²) < 4.78 is 31.5. The van der Waals surface area contributed by atoms with Gasteiger partial charge in [-0.1, -0.05) is 29.8 Å². The van der Waals surface area contributed by atoms with E-state index in [-0.39, 0.29) is 17.4 Å². The van der Waals surface area contributed by atoms with Crippen LogP contribution in [0.4, 0.5) is 0 Å². The molecule has 1 aromatic heterocycles. The first-order valence-electron chi connectivity index (χ1n) is 8.04. The van der Waals surface area contributed by atoms with Crippen molar-refractivity contribution in [1.82, 2.24) is 9.71 Å². The average Bonchev–Trinajstić information content (AvgIpc) is 3.20. The molecule has 6 nitrogen and oxygen atoms in total. The van der Waals surface area contributed by atoms with E-state index in [2.05, 4.69) is 9.71 Å². The summed E-state index contributed by atoms with van der Waals surface area (Å²) in [6.45, 7) is 3.02. The van der Waals surface area contributed by atoms with Crippen LogP contribution in [0.2, 0.25) is 0 Å². The molecule has 134 valence electrons. The number of benzene rings is 1. The quantitative estimate of drug-likeness (QED) is 0.830. The Bertz CT molecular complexity index is 838. The molecule has 1 amide bonds. The van der Waals surface area contributed by atoms with Crippen LogP contribution >= 0.6 is 11.3 Å². The first kappa shape index (κ1) is 18.0. The topological polar surface area (TPSA) is 85.4 Å². The molecule has 1 aliphatic rings. The summed E-state index contributed by atoms with van der Waals surface area (Å²) in [4.78, 5) is 16.4. The molecule has 0 aliphatic carbocycles. The normalized spacial score (nSPS) is 17.6. The van der Waals surface area contributed by atoms with Crippen LogP contribution in [0.3, 0.4) is 0 Å². The molecule has 0 radical (unpaired) electrons. The third-order valence-corrected chi connectivity index (χ3v) is 6.24. The number of thiazole rings is 1.